The highest BCUT2D eigenvalue weighted by Crippen LogP contribution is 2.21. The van der Waals surface area contributed by atoms with Crippen LogP contribution in [0.15, 0.2) is 48.3 Å². The number of carbonyl (C=O) groups excluding carboxylic acids is 1. The predicted octanol–water partition coefficient (Wildman–Crippen LogP) is 2.22. The Labute approximate surface area is 111 Å². The third-order valence-corrected chi connectivity index (χ3v) is 3.35. The summed E-state index contributed by atoms with van der Waals surface area (Å²) < 4.78 is 0. The lowest BCUT2D eigenvalue weighted by atomic mass is 10.1. The summed E-state index contributed by atoms with van der Waals surface area (Å²) in [5.74, 6) is -0.0543. The minimum atomic E-state index is -0.0543. The summed E-state index contributed by atoms with van der Waals surface area (Å²) >= 11 is 0. The van der Waals surface area contributed by atoms with Crippen LogP contribution in [0, 0.1) is 0 Å². The minimum Gasteiger partial charge on any atom is -0.324 e. The van der Waals surface area contributed by atoms with Crippen LogP contribution in [0.25, 0.3) is 10.8 Å². The molecule has 96 valence electrons. The highest BCUT2D eigenvalue weighted by molar-refractivity contribution is 6.05. The number of anilines is 1. The smallest absolute Gasteiger partial charge is 0.251 e. The average Bonchev–Trinajstić information content (AvgIpc) is 2.85. The van der Waals surface area contributed by atoms with Gasteiger partial charge in [-0.2, -0.15) is 0 Å². The van der Waals surface area contributed by atoms with E-state index in [1.165, 1.54) is 0 Å². The fourth-order valence-corrected chi connectivity index (χ4v) is 2.31. The molecule has 0 fully saturated rings. The van der Waals surface area contributed by atoms with Gasteiger partial charge in [-0.15, -0.1) is 0 Å². The first-order chi connectivity index (χ1) is 9.22. The lowest BCUT2D eigenvalue weighted by molar-refractivity contribution is -0.112. The van der Waals surface area contributed by atoms with Crippen molar-refractivity contribution in [3.63, 3.8) is 0 Å². The Morgan fingerprint density at radius 1 is 1.32 bits per heavy atom. The number of hydrogen-bond donors (Lipinski definition) is 2. The highest BCUT2D eigenvalue weighted by atomic mass is 16.1. The predicted molar refractivity (Wildman–Crippen MR) is 75.7 cm³/mol. The quantitative estimate of drug-likeness (QED) is 0.862. The lowest BCUT2D eigenvalue weighted by Crippen LogP contribution is -2.14. The van der Waals surface area contributed by atoms with Crippen LogP contribution in [0.4, 0.5) is 5.69 Å². The SMILES string of the molecule is N[C@H]1C=C(C(=O)Nc2ccc3cnccc3c2)CC1. The van der Waals surface area contributed by atoms with Crippen LogP contribution in [0.1, 0.15) is 12.8 Å². The van der Waals surface area contributed by atoms with Gasteiger partial charge in [0, 0.05) is 35.1 Å². The van der Waals surface area contributed by atoms with Crippen molar-refractivity contribution in [2.24, 2.45) is 5.73 Å². The van der Waals surface area contributed by atoms with Crippen molar-refractivity contribution in [3.8, 4) is 0 Å². The van der Waals surface area contributed by atoms with Crippen LogP contribution in [-0.2, 0) is 4.79 Å². The fourth-order valence-electron chi connectivity index (χ4n) is 2.31. The Balaban J connectivity index is 1.81. The van der Waals surface area contributed by atoms with E-state index < -0.39 is 0 Å². The van der Waals surface area contributed by atoms with Crippen LogP contribution in [0.2, 0.25) is 0 Å². The van der Waals surface area contributed by atoms with Gasteiger partial charge in [0.05, 0.1) is 0 Å². The van der Waals surface area contributed by atoms with Crippen molar-refractivity contribution in [1.82, 2.24) is 4.98 Å². The first kappa shape index (κ1) is 11.9. The van der Waals surface area contributed by atoms with E-state index in [0.717, 1.165) is 34.9 Å². The standard InChI is InChI=1S/C15H15N3O/c16-13-3-1-11(7-13)15(19)18-14-4-2-12-9-17-6-5-10(12)8-14/h2,4-9,13H,1,3,16H2,(H,18,19)/t13-/m1/s1. The molecule has 1 aliphatic rings. The topological polar surface area (TPSA) is 68.0 Å². The second-order valence-electron chi connectivity index (χ2n) is 4.79. The van der Waals surface area contributed by atoms with Crippen molar-refractivity contribution in [1.29, 1.82) is 0 Å². The van der Waals surface area contributed by atoms with Gasteiger partial charge in [-0.05, 0) is 36.4 Å². The molecule has 4 nitrogen and oxygen atoms in total. The zero-order chi connectivity index (χ0) is 13.2. The molecule has 1 heterocycles. The van der Waals surface area contributed by atoms with E-state index in [9.17, 15) is 4.79 Å². The van der Waals surface area contributed by atoms with E-state index in [2.05, 4.69) is 10.3 Å². The summed E-state index contributed by atoms with van der Waals surface area (Å²) in [5, 5.41) is 5.03. The maximum Gasteiger partial charge on any atom is 0.251 e. The van der Waals surface area contributed by atoms with Gasteiger partial charge in [0.1, 0.15) is 0 Å². The Morgan fingerprint density at radius 3 is 3.00 bits per heavy atom. The van der Waals surface area contributed by atoms with Crippen molar-refractivity contribution in [2.75, 3.05) is 5.32 Å². The van der Waals surface area contributed by atoms with Gasteiger partial charge >= 0.3 is 0 Å². The molecule has 0 saturated carbocycles. The van der Waals surface area contributed by atoms with Gasteiger partial charge in [-0.3, -0.25) is 9.78 Å². The van der Waals surface area contributed by atoms with Gasteiger partial charge in [0.25, 0.3) is 5.91 Å². The van der Waals surface area contributed by atoms with Crippen molar-refractivity contribution in [3.05, 3.63) is 48.3 Å². The molecule has 1 amide bonds. The molecule has 2 aromatic rings. The number of hydrogen-bond acceptors (Lipinski definition) is 3. The molecular formula is C15H15N3O. The maximum atomic E-state index is 12.0. The molecule has 0 aliphatic heterocycles. The third-order valence-electron chi connectivity index (χ3n) is 3.35. The molecule has 1 atom stereocenters. The molecule has 4 heteroatoms. The molecule has 0 bridgehead atoms. The molecule has 19 heavy (non-hydrogen) atoms. The second-order valence-corrected chi connectivity index (χ2v) is 4.79. The van der Waals surface area contributed by atoms with Crippen LogP contribution < -0.4 is 11.1 Å². The molecule has 0 radical (unpaired) electrons. The number of nitrogens with two attached hydrogens (primary N) is 1. The second kappa shape index (κ2) is 4.82. The highest BCUT2D eigenvalue weighted by Gasteiger charge is 2.18. The van der Waals surface area contributed by atoms with Gasteiger partial charge in [0.15, 0.2) is 0 Å². The Hall–Kier alpha value is -2.20. The number of fused-ring (bicyclic) bond motifs is 1. The maximum absolute atomic E-state index is 12.0. The monoisotopic (exact) mass is 253 g/mol. The zero-order valence-electron chi connectivity index (χ0n) is 10.5. The van der Waals surface area contributed by atoms with E-state index in [1.54, 1.807) is 12.4 Å². The zero-order valence-corrected chi connectivity index (χ0v) is 10.5. The van der Waals surface area contributed by atoms with E-state index in [1.807, 2.05) is 30.3 Å². The first-order valence-corrected chi connectivity index (χ1v) is 6.34. The summed E-state index contributed by atoms with van der Waals surface area (Å²) in [4.78, 5) is 16.1. The van der Waals surface area contributed by atoms with Crippen LogP contribution >= 0.6 is 0 Å². The minimum absolute atomic E-state index is 0.0171. The summed E-state index contributed by atoms with van der Waals surface area (Å²) in [7, 11) is 0. The summed E-state index contributed by atoms with van der Waals surface area (Å²) in [6, 6.07) is 7.73. The summed E-state index contributed by atoms with van der Waals surface area (Å²) in [5.41, 5.74) is 7.34. The normalized spacial score (nSPS) is 18.4. The Morgan fingerprint density at radius 2 is 2.21 bits per heavy atom. The van der Waals surface area contributed by atoms with Gasteiger partial charge in [-0.1, -0.05) is 12.1 Å². The number of rotatable bonds is 2. The van der Waals surface area contributed by atoms with E-state index >= 15 is 0 Å². The largest absolute Gasteiger partial charge is 0.324 e. The number of carbonyl (C=O) groups is 1. The molecule has 1 aromatic carbocycles. The van der Waals surface area contributed by atoms with Crippen LogP contribution in [0.5, 0.6) is 0 Å². The Kier molecular flexibility index (Phi) is 3.01. The number of benzene rings is 1. The lowest BCUT2D eigenvalue weighted by Gasteiger charge is -2.06. The third kappa shape index (κ3) is 2.48. The summed E-state index contributed by atoms with van der Waals surface area (Å²) in [6.07, 6.45) is 7.00. The molecular weight excluding hydrogens is 238 g/mol. The fraction of sp³-hybridized carbons (Fsp3) is 0.200. The van der Waals surface area contributed by atoms with Gasteiger partial charge in [0.2, 0.25) is 0 Å². The van der Waals surface area contributed by atoms with Crippen molar-refractivity contribution in [2.45, 2.75) is 18.9 Å². The van der Waals surface area contributed by atoms with Crippen molar-refractivity contribution >= 4 is 22.4 Å². The number of pyridine rings is 1. The van der Waals surface area contributed by atoms with Gasteiger partial charge < -0.3 is 11.1 Å². The molecule has 3 N–H and O–H groups in total. The van der Waals surface area contributed by atoms with Crippen LogP contribution in [0.3, 0.4) is 0 Å². The molecule has 0 spiro atoms. The number of amides is 1. The number of aromatic nitrogens is 1. The summed E-state index contributed by atoms with van der Waals surface area (Å²) in [6.45, 7) is 0. The van der Waals surface area contributed by atoms with Crippen molar-refractivity contribution < 1.29 is 4.79 Å². The average molecular weight is 253 g/mol. The number of nitrogens with zero attached hydrogens (tertiary/aromatic N) is 1. The molecule has 3 rings (SSSR count). The molecule has 0 saturated heterocycles. The molecule has 1 aliphatic carbocycles. The Bertz CT molecular complexity index is 663. The molecule has 1 aromatic heterocycles. The molecule has 0 unspecified atom stereocenters. The van der Waals surface area contributed by atoms with E-state index in [0.29, 0.717) is 0 Å². The van der Waals surface area contributed by atoms with E-state index in [-0.39, 0.29) is 11.9 Å². The first-order valence-electron chi connectivity index (χ1n) is 6.34. The van der Waals surface area contributed by atoms with Crippen LogP contribution in [-0.4, -0.2) is 16.9 Å². The number of nitrogens with one attached hydrogen (secondary N) is 1. The van der Waals surface area contributed by atoms with Gasteiger partial charge in [-0.25, -0.2) is 0 Å². The van der Waals surface area contributed by atoms with E-state index in [4.69, 9.17) is 5.73 Å².